The van der Waals surface area contributed by atoms with Crippen LogP contribution in [0.1, 0.15) is 82.6 Å². The van der Waals surface area contributed by atoms with E-state index >= 15 is 0 Å². The average molecular weight is 475 g/mol. The molecule has 0 spiro atoms. The molecule has 1 atom stereocenters. The number of benzene rings is 2. The predicted octanol–water partition coefficient (Wildman–Crippen LogP) is 6.29. The van der Waals surface area contributed by atoms with Gasteiger partial charge in [0, 0.05) is 12.6 Å². The molecule has 1 heterocycles. The summed E-state index contributed by atoms with van der Waals surface area (Å²) in [5.41, 5.74) is 2.35. The van der Waals surface area contributed by atoms with Crippen LogP contribution in [0.2, 0.25) is 0 Å². The molecule has 1 N–H and O–H groups in total. The van der Waals surface area contributed by atoms with Gasteiger partial charge in [-0.15, -0.1) is 0 Å². The maximum atomic E-state index is 13.8. The number of nitrogens with one attached hydrogen (secondary N) is 1. The average Bonchev–Trinajstić information content (AvgIpc) is 2.87. The molecule has 1 aliphatic rings. The predicted molar refractivity (Wildman–Crippen MR) is 142 cm³/mol. The van der Waals surface area contributed by atoms with Gasteiger partial charge in [-0.25, -0.2) is 9.78 Å². The molecule has 2 amide bonds. The number of amides is 2. The molecule has 2 aromatic carbocycles. The van der Waals surface area contributed by atoms with E-state index in [2.05, 4.69) is 12.2 Å². The summed E-state index contributed by atoms with van der Waals surface area (Å²) in [5.74, 6) is 0.596. The lowest BCUT2D eigenvalue weighted by Gasteiger charge is -2.33. The number of hydrogen-bond donors (Lipinski definition) is 1. The molecular formula is C29H38N4O2. The third-order valence-corrected chi connectivity index (χ3v) is 7.20. The van der Waals surface area contributed by atoms with E-state index in [4.69, 9.17) is 4.98 Å². The molecule has 6 nitrogen and oxygen atoms in total. The van der Waals surface area contributed by atoms with Crippen LogP contribution in [0.3, 0.4) is 0 Å². The van der Waals surface area contributed by atoms with Crippen LogP contribution in [0.25, 0.3) is 16.6 Å². The zero-order chi connectivity index (χ0) is 24.8. The highest BCUT2D eigenvalue weighted by atomic mass is 16.2. The number of carbonyl (C=O) groups is 1. The van der Waals surface area contributed by atoms with E-state index in [-0.39, 0.29) is 23.7 Å². The van der Waals surface area contributed by atoms with E-state index in [1.165, 1.54) is 6.42 Å². The number of fused-ring (bicyclic) bond motifs is 1. The summed E-state index contributed by atoms with van der Waals surface area (Å²) in [6.45, 7) is 6.79. The molecule has 1 aliphatic carbocycles. The molecule has 4 rings (SSSR count). The van der Waals surface area contributed by atoms with Crippen LogP contribution in [0.5, 0.6) is 0 Å². The zero-order valence-corrected chi connectivity index (χ0v) is 21.3. The first kappa shape index (κ1) is 25.0. The number of para-hydroxylation sites is 2. The van der Waals surface area contributed by atoms with Crippen LogP contribution in [0.4, 0.5) is 4.79 Å². The number of carbonyl (C=O) groups excluding carboxylic acids is 1. The van der Waals surface area contributed by atoms with E-state index in [1.54, 1.807) is 4.57 Å². The Kier molecular flexibility index (Phi) is 8.21. The van der Waals surface area contributed by atoms with E-state index in [1.807, 2.05) is 67.3 Å². The molecule has 0 aliphatic heterocycles. The molecule has 1 saturated carbocycles. The molecule has 3 aromatic rings. The molecule has 186 valence electrons. The Balaban J connectivity index is 1.79. The minimum absolute atomic E-state index is 0.0563. The minimum Gasteiger partial charge on any atom is -0.335 e. The Morgan fingerprint density at radius 1 is 1.09 bits per heavy atom. The van der Waals surface area contributed by atoms with Crippen LogP contribution in [0.15, 0.2) is 53.3 Å². The Hall–Kier alpha value is -3.15. The number of aryl methyl sites for hydroxylation is 1. The van der Waals surface area contributed by atoms with Gasteiger partial charge >= 0.3 is 6.03 Å². The molecule has 35 heavy (non-hydrogen) atoms. The molecule has 1 aromatic heterocycles. The maximum Gasteiger partial charge on any atom is 0.318 e. The fraction of sp³-hybridized carbons (Fsp3) is 0.483. The zero-order valence-electron chi connectivity index (χ0n) is 21.3. The van der Waals surface area contributed by atoms with Crippen LogP contribution >= 0.6 is 0 Å². The summed E-state index contributed by atoms with van der Waals surface area (Å²) in [5, 5.41) is 3.87. The van der Waals surface area contributed by atoms with Crippen molar-refractivity contribution in [1.82, 2.24) is 19.8 Å². The summed E-state index contributed by atoms with van der Waals surface area (Å²) in [7, 11) is 0. The first-order chi connectivity index (χ1) is 17.0. The highest BCUT2D eigenvalue weighted by molar-refractivity contribution is 5.78. The van der Waals surface area contributed by atoms with E-state index in [0.717, 1.165) is 56.2 Å². The summed E-state index contributed by atoms with van der Waals surface area (Å²) >= 11 is 0. The van der Waals surface area contributed by atoms with E-state index in [0.29, 0.717) is 23.3 Å². The van der Waals surface area contributed by atoms with Crippen molar-refractivity contribution in [3.8, 4) is 5.69 Å². The molecular weight excluding hydrogens is 436 g/mol. The van der Waals surface area contributed by atoms with Crippen molar-refractivity contribution in [2.75, 3.05) is 6.54 Å². The van der Waals surface area contributed by atoms with E-state index < -0.39 is 0 Å². The van der Waals surface area contributed by atoms with Gasteiger partial charge in [0.1, 0.15) is 5.82 Å². The lowest BCUT2D eigenvalue weighted by Crippen LogP contribution is -2.47. The number of rotatable bonds is 8. The van der Waals surface area contributed by atoms with Gasteiger partial charge in [0.25, 0.3) is 5.56 Å². The first-order valence-corrected chi connectivity index (χ1v) is 13.2. The monoisotopic (exact) mass is 474 g/mol. The number of hydrogen-bond acceptors (Lipinski definition) is 3. The molecule has 1 fully saturated rings. The van der Waals surface area contributed by atoms with Gasteiger partial charge in [0.15, 0.2) is 0 Å². The van der Waals surface area contributed by atoms with Crippen molar-refractivity contribution in [2.45, 2.75) is 84.2 Å². The fourth-order valence-electron chi connectivity index (χ4n) is 5.12. The standard InChI is InChI=1S/C29H38N4O2/c1-4-5-13-20-32(29(35)30-23-15-7-6-8-16-23)22(3)27-31-25-18-11-10-17-24(25)28(34)33(27)26-19-12-9-14-21(26)2/h9-12,14,17-19,22-23H,4-8,13,15-16,20H2,1-3H3,(H,30,35). The minimum atomic E-state index is -0.368. The van der Waals surface area contributed by atoms with Crippen LogP contribution in [0, 0.1) is 6.92 Å². The Morgan fingerprint density at radius 2 is 1.80 bits per heavy atom. The summed E-state index contributed by atoms with van der Waals surface area (Å²) in [6.07, 6.45) is 8.68. The molecule has 0 bridgehead atoms. The lowest BCUT2D eigenvalue weighted by molar-refractivity contribution is 0.167. The van der Waals surface area contributed by atoms with Crippen molar-refractivity contribution < 1.29 is 4.79 Å². The van der Waals surface area contributed by atoms with E-state index in [9.17, 15) is 9.59 Å². The number of urea groups is 1. The normalized spacial score (nSPS) is 15.2. The SMILES string of the molecule is CCCCCN(C(=O)NC1CCCCC1)C(C)c1nc2ccccc2c(=O)n1-c1ccccc1C. The summed E-state index contributed by atoms with van der Waals surface area (Å²) < 4.78 is 1.71. The van der Waals surface area contributed by atoms with Crippen LogP contribution < -0.4 is 10.9 Å². The first-order valence-electron chi connectivity index (χ1n) is 13.2. The van der Waals surface area contributed by atoms with Gasteiger partial charge in [0.2, 0.25) is 0 Å². The largest absolute Gasteiger partial charge is 0.335 e. The second kappa shape index (κ2) is 11.5. The van der Waals surface area contributed by atoms with Crippen LogP contribution in [-0.2, 0) is 0 Å². The second-order valence-electron chi connectivity index (χ2n) is 9.78. The lowest BCUT2D eigenvalue weighted by atomic mass is 9.96. The quantitative estimate of drug-likeness (QED) is 0.390. The van der Waals surface area contributed by atoms with Gasteiger partial charge in [-0.05, 0) is 56.9 Å². The molecule has 6 heteroatoms. The van der Waals surface area contributed by atoms with Crippen LogP contribution in [-0.4, -0.2) is 33.1 Å². The van der Waals surface area contributed by atoms with Crippen molar-refractivity contribution in [3.63, 3.8) is 0 Å². The topological polar surface area (TPSA) is 67.2 Å². The van der Waals surface area contributed by atoms with Crippen molar-refractivity contribution in [2.24, 2.45) is 0 Å². The Bertz CT molecular complexity index is 1210. The fourth-order valence-corrected chi connectivity index (χ4v) is 5.12. The second-order valence-corrected chi connectivity index (χ2v) is 9.78. The number of aromatic nitrogens is 2. The smallest absolute Gasteiger partial charge is 0.318 e. The molecule has 0 radical (unpaired) electrons. The molecule has 0 saturated heterocycles. The van der Waals surface area contributed by atoms with Crippen molar-refractivity contribution in [1.29, 1.82) is 0 Å². The van der Waals surface area contributed by atoms with Gasteiger partial charge in [-0.1, -0.05) is 69.4 Å². The van der Waals surface area contributed by atoms with Crippen molar-refractivity contribution in [3.05, 3.63) is 70.3 Å². The summed E-state index contributed by atoms with van der Waals surface area (Å²) in [4.78, 5) is 34.2. The maximum absolute atomic E-state index is 13.8. The third kappa shape index (κ3) is 5.58. The number of nitrogens with zero attached hydrogens (tertiary/aromatic N) is 3. The highest BCUT2D eigenvalue weighted by Gasteiger charge is 2.28. The molecule has 1 unspecified atom stereocenters. The summed E-state index contributed by atoms with van der Waals surface area (Å²) in [6, 6.07) is 15.1. The third-order valence-electron chi connectivity index (χ3n) is 7.20. The van der Waals surface area contributed by atoms with Crippen molar-refractivity contribution >= 4 is 16.9 Å². The van der Waals surface area contributed by atoms with Gasteiger partial charge in [0.05, 0.1) is 22.6 Å². The van der Waals surface area contributed by atoms with Gasteiger partial charge in [-0.3, -0.25) is 9.36 Å². The Labute approximate surface area is 208 Å². The Morgan fingerprint density at radius 3 is 2.54 bits per heavy atom. The van der Waals surface area contributed by atoms with Gasteiger partial charge in [-0.2, -0.15) is 0 Å². The highest BCUT2D eigenvalue weighted by Crippen LogP contribution is 2.26. The van der Waals surface area contributed by atoms with Gasteiger partial charge < -0.3 is 10.2 Å². The number of unbranched alkanes of at least 4 members (excludes halogenated alkanes) is 2.